The van der Waals surface area contributed by atoms with Gasteiger partial charge >= 0.3 is 0 Å². The highest BCUT2D eigenvalue weighted by atomic mass is 16.5. The Labute approximate surface area is 201 Å². The molecule has 3 aliphatic heterocycles. The molecule has 180 valence electrons. The predicted molar refractivity (Wildman–Crippen MR) is 133 cm³/mol. The Morgan fingerprint density at radius 1 is 1.21 bits per heavy atom. The number of aromatic nitrogens is 2. The maximum absolute atomic E-state index is 12.2. The van der Waals surface area contributed by atoms with Gasteiger partial charge in [0, 0.05) is 68.8 Å². The molecule has 0 aliphatic carbocycles. The molecule has 0 bridgehead atoms. The van der Waals surface area contributed by atoms with E-state index in [1.165, 1.54) is 5.56 Å². The van der Waals surface area contributed by atoms with Gasteiger partial charge in [0.05, 0.1) is 25.4 Å². The van der Waals surface area contributed by atoms with Gasteiger partial charge in [-0.2, -0.15) is 5.10 Å². The predicted octanol–water partition coefficient (Wildman–Crippen LogP) is 3.09. The van der Waals surface area contributed by atoms with Crippen LogP contribution < -0.4 is 10.2 Å². The number of nitrogens with one attached hydrogen (secondary N) is 2. The number of carbonyl (C=O) groups is 1. The highest BCUT2D eigenvalue weighted by molar-refractivity contribution is 6.09. The highest BCUT2D eigenvalue weighted by Gasteiger charge is 2.30. The van der Waals surface area contributed by atoms with Crippen LogP contribution in [0.5, 0.6) is 0 Å². The van der Waals surface area contributed by atoms with Crippen LogP contribution >= 0.6 is 0 Å². The van der Waals surface area contributed by atoms with Gasteiger partial charge in [-0.3, -0.25) is 14.9 Å². The first-order valence-electron chi connectivity index (χ1n) is 12.3. The molecule has 1 atom stereocenters. The zero-order valence-electron chi connectivity index (χ0n) is 20.1. The van der Waals surface area contributed by atoms with Gasteiger partial charge in [-0.05, 0) is 48.9 Å². The second kappa shape index (κ2) is 9.62. The summed E-state index contributed by atoms with van der Waals surface area (Å²) in [5.74, 6) is 0.565. The first-order valence-corrected chi connectivity index (χ1v) is 12.3. The molecule has 34 heavy (non-hydrogen) atoms. The zero-order valence-corrected chi connectivity index (χ0v) is 20.1. The summed E-state index contributed by atoms with van der Waals surface area (Å²) in [4.78, 5) is 16.2. The van der Waals surface area contributed by atoms with E-state index in [9.17, 15) is 10.2 Å². The van der Waals surface area contributed by atoms with Crippen molar-refractivity contribution < 1.29 is 9.53 Å². The molecule has 0 spiro atoms. The maximum atomic E-state index is 12.2. The summed E-state index contributed by atoms with van der Waals surface area (Å²) in [6, 6.07) is 6.82. The Kier molecular flexibility index (Phi) is 6.41. The van der Waals surface area contributed by atoms with Crippen molar-refractivity contribution in [3.05, 3.63) is 47.4 Å². The lowest BCUT2D eigenvalue weighted by atomic mass is 9.99. The Morgan fingerprint density at radius 2 is 2.09 bits per heavy atom. The molecule has 4 heterocycles. The van der Waals surface area contributed by atoms with Crippen molar-refractivity contribution in [2.45, 2.75) is 45.1 Å². The van der Waals surface area contributed by atoms with Crippen molar-refractivity contribution in [1.82, 2.24) is 20.0 Å². The van der Waals surface area contributed by atoms with E-state index in [1.807, 2.05) is 29.0 Å². The van der Waals surface area contributed by atoms with Crippen LogP contribution in [0.1, 0.15) is 38.2 Å². The van der Waals surface area contributed by atoms with E-state index in [1.54, 1.807) is 6.92 Å². The molecule has 5 rings (SSSR count). The van der Waals surface area contributed by atoms with E-state index < -0.39 is 0 Å². The molecule has 0 unspecified atom stereocenters. The number of aryl methyl sites for hydroxylation is 2. The van der Waals surface area contributed by atoms with Crippen molar-refractivity contribution >= 4 is 17.4 Å². The molecule has 2 aromatic rings. The Balaban J connectivity index is 1.48. The summed E-state index contributed by atoms with van der Waals surface area (Å²) >= 11 is 0. The molecule has 0 saturated carbocycles. The Morgan fingerprint density at radius 3 is 2.82 bits per heavy atom. The number of hydrogen-bond donors (Lipinski definition) is 2. The first-order chi connectivity index (χ1) is 16.5. The van der Waals surface area contributed by atoms with Crippen molar-refractivity contribution in [1.29, 1.82) is 5.41 Å². The molecule has 1 aromatic carbocycles. The number of ether oxygens (including phenoxy) is 1. The van der Waals surface area contributed by atoms with Gasteiger partial charge in [-0.25, -0.2) is 0 Å². The fourth-order valence-corrected chi connectivity index (χ4v) is 5.20. The number of rotatable bonds is 4. The number of fused-ring (bicyclic) bond motifs is 1. The zero-order chi connectivity index (χ0) is 23.7. The van der Waals surface area contributed by atoms with Crippen LogP contribution in [0.4, 0.5) is 5.69 Å². The molecule has 8 heteroatoms. The molecule has 3 aliphatic rings. The van der Waals surface area contributed by atoms with E-state index in [4.69, 9.17) is 4.74 Å². The van der Waals surface area contributed by atoms with Gasteiger partial charge in [-0.15, -0.1) is 0 Å². The van der Waals surface area contributed by atoms with E-state index in [2.05, 4.69) is 33.5 Å². The second-order valence-corrected chi connectivity index (χ2v) is 9.56. The van der Waals surface area contributed by atoms with Gasteiger partial charge in [0.2, 0.25) is 5.91 Å². The smallest absolute Gasteiger partial charge is 0.219 e. The highest BCUT2D eigenvalue weighted by Crippen LogP contribution is 2.33. The number of hydrogen-bond acceptors (Lipinski definition) is 5. The van der Waals surface area contributed by atoms with Crippen molar-refractivity contribution in [2.75, 3.05) is 37.7 Å². The number of nitrogens with zero attached hydrogens (tertiary/aromatic N) is 4. The minimum absolute atomic E-state index is 0.0610. The van der Waals surface area contributed by atoms with E-state index in [-0.39, 0.29) is 11.9 Å². The van der Waals surface area contributed by atoms with Crippen LogP contribution in [0.3, 0.4) is 0 Å². The lowest BCUT2D eigenvalue weighted by molar-refractivity contribution is -0.128. The lowest BCUT2D eigenvalue weighted by Gasteiger charge is -2.35. The second-order valence-electron chi connectivity index (χ2n) is 9.56. The summed E-state index contributed by atoms with van der Waals surface area (Å²) in [5, 5.41) is 17.3. The summed E-state index contributed by atoms with van der Waals surface area (Å²) in [6.07, 6.45) is 8.77. The third kappa shape index (κ3) is 4.59. The van der Waals surface area contributed by atoms with Gasteiger partial charge in [0.15, 0.2) is 0 Å². The average Bonchev–Trinajstić information content (AvgIpc) is 3.46. The normalized spacial score (nSPS) is 20.8. The molecule has 1 aromatic heterocycles. The average molecular weight is 463 g/mol. The fourth-order valence-electron chi connectivity index (χ4n) is 5.20. The van der Waals surface area contributed by atoms with Gasteiger partial charge in [0.25, 0.3) is 0 Å². The molecule has 1 saturated heterocycles. The van der Waals surface area contributed by atoms with Crippen LogP contribution in [-0.2, 0) is 23.0 Å². The number of amides is 1. The van der Waals surface area contributed by atoms with E-state index in [0.29, 0.717) is 25.5 Å². The minimum Gasteiger partial charge on any atom is -0.383 e. The molecule has 0 radical (unpaired) electrons. The quantitative estimate of drug-likeness (QED) is 0.539. The fraction of sp³-hybridized carbons (Fsp3) is 0.500. The van der Waals surface area contributed by atoms with Crippen LogP contribution in [-0.4, -0.2) is 65.3 Å². The standard InChI is InChI=1S/C26H34N6O2/c1-18(33)31-11-8-24(29-22-9-12-34-17-22)23(16-31)26(27)32-10-4-3-5-20-13-19(6-7-25(20)32)21-14-28-30(2)15-21/h6-7,13-15,22,27,29H,3-5,8-12,16-17H2,1-2H3/t22-/m0/s1. The van der Waals surface area contributed by atoms with E-state index in [0.717, 1.165) is 73.3 Å². The molecular weight excluding hydrogens is 428 g/mol. The summed E-state index contributed by atoms with van der Waals surface area (Å²) in [6.45, 7) is 5.06. The van der Waals surface area contributed by atoms with Crippen LogP contribution in [0.2, 0.25) is 0 Å². The monoisotopic (exact) mass is 462 g/mol. The topological polar surface area (TPSA) is 86.5 Å². The first kappa shape index (κ1) is 22.7. The van der Waals surface area contributed by atoms with Gasteiger partial charge in [-0.1, -0.05) is 6.07 Å². The number of carbonyl (C=O) groups excluding carboxylic acids is 1. The molecular formula is C26H34N6O2. The molecule has 8 nitrogen and oxygen atoms in total. The summed E-state index contributed by atoms with van der Waals surface area (Å²) in [7, 11) is 1.93. The Hall–Kier alpha value is -3.13. The van der Waals surface area contributed by atoms with Crippen LogP contribution in [0, 0.1) is 5.41 Å². The number of benzene rings is 1. The number of amidine groups is 1. The van der Waals surface area contributed by atoms with Gasteiger partial charge < -0.3 is 19.9 Å². The van der Waals surface area contributed by atoms with Crippen LogP contribution in [0.15, 0.2) is 41.9 Å². The number of anilines is 1. The summed E-state index contributed by atoms with van der Waals surface area (Å²) in [5.41, 5.74) is 6.65. The largest absolute Gasteiger partial charge is 0.383 e. The molecule has 1 fully saturated rings. The molecule has 1 amide bonds. The summed E-state index contributed by atoms with van der Waals surface area (Å²) < 4.78 is 7.39. The maximum Gasteiger partial charge on any atom is 0.219 e. The van der Waals surface area contributed by atoms with Gasteiger partial charge in [0.1, 0.15) is 5.84 Å². The van der Waals surface area contributed by atoms with Crippen molar-refractivity contribution in [2.24, 2.45) is 7.05 Å². The molecule has 2 N–H and O–H groups in total. The third-order valence-corrected chi connectivity index (χ3v) is 7.14. The third-order valence-electron chi connectivity index (χ3n) is 7.14. The van der Waals surface area contributed by atoms with Crippen molar-refractivity contribution in [3.8, 4) is 11.1 Å². The van der Waals surface area contributed by atoms with E-state index >= 15 is 0 Å². The van der Waals surface area contributed by atoms with Crippen molar-refractivity contribution in [3.63, 3.8) is 0 Å². The lowest BCUT2D eigenvalue weighted by Crippen LogP contribution is -2.45. The minimum atomic E-state index is 0.0610. The van der Waals surface area contributed by atoms with Crippen LogP contribution in [0.25, 0.3) is 11.1 Å². The Bertz CT molecular complexity index is 1110. The SMILES string of the molecule is CC(=O)N1CCC(N[C@H]2CCOC2)=C(C(=N)N2CCCCc3cc(-c4cnn(C)c4)ccc32)C1.